The number of hydrogen-bond acceptors (Lipinski definition) is 5. The number of ether oxygens (including phenoxy) is 1. The molecule has 3 rings (SSSR count). The molecule has 0 saturated carbocycles. The van der Waals surface area contributed by atoms with E-state index in [0.717, 1.165) is 19.0 Å². The number of amidine groups is 1. The summed E-state index contributed by atoms with van der Waals surface area (Å²) in [5.74, 6) is -2.00. The van der Waals surface area contributed by atoms with E-state index in [4.69, 9.17) is 21.6 Å². The molecule has 1 aliphatic rings. The third kappa shape index (κ3) is 6.50. The lowest BCUT2D eigenvalue weighted by atomic mass is 10.0. The van der Waals surface area contributed by atoms with Gasteiger partial charge in [-0.05, 0) is 68.3 Å². The molecule has 6 N–H and O–H groups in total. The predicted molar refractivity (Wildman–Crippen MR) is 125 cm³/mol. The second-order valence-electron chi connectivity index (χ2n) is 8.38. The summed E-state index contributed by atoms with van der Waals surface area (Å²) in [5.41, 5.74) is 10.6. The predicted octanol–water partition coefficient (Wildman–Crippen LogP) is 3.09. The number of nitrogens with zero attached hydrogens (tertiary/aromatic N) is 1. The Balaban J connectivity index is 1.99. The monoisotopic (exact) mass is 491 g/mol. The van der Waals surface area contributed by atoms with Crippen molar-refractivity contribution < 1.29 is 27.5 Å². The van der Waals surface area contributed by atoms with Crippen molar-refractivity contribution in [2.24, 2.45) is 11.5 Å². The molecule has 1 fully saturated rings. The van der Waals surface area contributed by atoms with Crippen molar-refractivity contribution in [3.8, 4) is 5.75 Å². The highest BCUT2D eigenvalue weighted by Crippen LogP contribution is 2.40. The van der Waals surface area contributed by atoms with E-state index >= 15 is 0 Å². The minimum absolute atomic E-state index is 0.182. The van der Waals surface area contributed by atoms with E-state index in [1.54, 1.807) is 6.92 Å². The molecular formula is C24H28F3N5O3. The van der Waals surface area contributed by atoms with Crippen molar-refractivity contribution in [1.29, 1.82) is 5.41 Å². The summed E-state index contributed by atoms with van der Waals surface area (Å²) < 4.78 is 47.5. The van der Waals surface area contributed by atoms with Gasteiger partial charge in [0.1, 0.15) is 24.1 Å². The molecule has 2 aromatic carbocycles. The van der Waals surface area contributed by atoms with Crippen molar-refractivity contribution >= 4 is 23.3 Å². The summed E-state index contributed by atoms with van der Waals surface area (Å²) in [6, 6.07) is 8.84. The van der Waals surface area contributed by atoms with Crippen molar-refractivity contribution in [3.63, 3.8) is 0 Å². The van der Waals surface area contributed by atoms with Crippen LogP contribution in [0, 0.1) is 5.41 Å². The zero-order valence-electron chi connectivity index (χ0n) is 19.2. The lowest BCUT2D eigenvalue weighted by Crippen LogP contribution is -2.37. The Morgan fingerprint density at radius 1 is 1.20 bits per heavy atom. The average molecular weight is 492 g/mol. The summed E-state index contributed by atoms with van der Waals surface area (Å²) in [7, 11) is 0. The maximum atomic E-state index is 14.0. The SMILES string of the molecule is CC(c1ccc(OC2CCCNC2)c(C(F)(F)F)c1)N(C(=O)CC(N)=O)c1ccc(C(=N)N)cc1. The summed E-state index contributed by atoms with van der Waals surface area (Å²) in [6.45, 7) is 2.81. The number of benzene rings is 2. The van der Waals surface area contributed by atoms with Crippen LogP contribution in [-0.2, 0) is 15.8 Å². The molecular weight excluding hydrogens is 463 g/mol. The standard InChI is InChI=1S/C24H28F3N5O3/c1-14(32(22(34)12-21(28)33)17-7-4-15(5-8-17)23(29)30)16-6-9-20(19(11-16)24(25,26)27)35-18-3-2-10-31-13-18/h4-9,11,14,18,31H,2-3,10,12-13H2,1H3,(H2,28,33)(H3,29,30). The molecule has 188 valence electrons. The first-order chi connectivity index (χ1) is 16.5. The quantitative estimate of drug-likeness (QED) is 0.256. The van der Waals surface area contributed by atoms with Crippen molar-refractivity contribution in [2.75, 3.05) is 18.0 Å². The number of piperidine rings is 1. The lowest BCUT2D eigenvalue weighted by Gasteiger charge is -2.31. The summed E-state index contributed by atoms with van der Waals surface area (Å²) in [4.78, 5) is 25.5. The van der Waals surface area contributed by atoms with Crippen molar-refractivity contribution in [1.82, 2.24) is 5.32 Å². The highest BCUT2D eigenvalue weighted by Gasteiger charge is 2.36. The van der Waals surface area contributed by atoms with E-state index in [0.29, 0.717) is 24.2 Å². The van der Waals surface area contributed by atoms with Crippen LogP contribution in [0.1, 0.15) is 48.9 Å². The van der Waals surface area contributed by atoms with Gasteiger partial charge in [-0.2, -0.15) is 13.2 Å². The van der Waals surface area contributed by atoms with Crippen LogP contribution in [0.4, 0.5) is 18.9 Å². The molecule has 11 heteroatoms. The molecule has 1 aliphatic heterocycles. The Labute approximate surface area is 200 Å². The fraction of sp³-hybridized carbons (Fsp3) is 0.375. The van der Waals surface area contributed by atoms with Gasteiger partial charge >= 0.3 is 6.18 Å². The third-order valence-corrected chi connectivity index (χ3v) is 5.77. The molecule has 0 aromatic heterocycles. The molecule has 35 heavy (non-hydrogen) atoms. The second-order valence-corrected chi connectivity index (χ2v) is 8.38. The van der Waals surface area contributed by atoms with Gasteiger partial charge in [-0.1, -0.05) is 6.07 Å². The summed E-state index contributed by atoms with van der Waals surface area (Å²) >= 11 is 0. The van der Waals surface area contributed by atoms with E-state index in [2.05, 4.69) is 5.32 Å². The first-order valence-corrected chi connectivity index (χ1v) is 11.1. The molecule has 1 saturated heterocycles. The van der Waals surface area contributed by atoms with Gasteiger partial charge in [0.15, 0.2) is 0 Å². The number of nitrogens with one attached hydrogen (secondary N) is 2. The largest absolute Gasteiger partial charge is 0.488 e. The molecule has 0 radical (unpaired) electrons. The van der Waals surface area contributed by atoms with Crippen molar-refractivity contribution in [3.05, 3.63) is 59.2 Å². The van der Waals surface area contributed by atoms with Gasteiger partial charge < -0.3 is 26.4 Å². The summed E-state index contributed by atoms with van der Waals surface area (Å²) in [5, 5.41) is 10.6. The van der Waals surface area contributed by atoms with E-state index in [1.807, 2.05) is 0 Å². The number of alkyl halides is 3. The van der Waals surface area contributed by atoms with Gasteiger partial charge in [0, 0.05) is 17.8 Å². The molecule has 8 nitrogen and oxygen atoms in total. The topological polar surface area (TPSA) is 135 Å². The van der Waals surface area contributed by atoms with Gasteiger partial charge in [0.05, 0.1) is 11.6 Å². The number of anilines is 1. The molecule has 0 spiro atoms. The highest BCUT2D eigenvalue weighted by molar-refractivity contribution is 6.05. The Kier molecular flexibility index (Phi) is 8.00. The number of amides is 2. The van der Waals surface area contributed by atoms with Gasteiger partial charge in [-0.15, -0.1) is 0 Å². The Morgan fingerprint density at radius 3 is 2.43 bits per heavy atom. The highest BCUT2D eigenvalue weighted by atomic mass is 19.4. The van der Waals surface area contributed by atoms with Crippen LogP contribution in [0.2, 0.25) is 0 Å². The Hall–Kier alpha value is -3.60. The van der Waals surface area contributed by atoms with Crippen LogP contribution in [0.25, 0.3) is 0 Å². The number of rotatable bonds is 8. The van der Waals surface area contributed by atoms with E-state index < -0.39 is 36.0 Å². The van der Waals surface area contributed by atoms with Crippen LogP contribution < -0.4 is 26.4 Å². The van der Waals surface area contributed by atoms with Gasteiger partial charge in [-0.25, -0.2) is 0 Å². The fourth-order valence-electron chi connectivity index (χ4n) is 4.00. The maximum Gasteiger partial charge on any atom is 0.419 e. The van der Waals surface area contributed by atoms with E-state index in [-0.39, 0.29) is 23.3 Å². The number of nitrogen functional groups attached to an aromatic ring is 1. The molecule has 2 atom stereocenters. The van der Waals surface area contributed by atoms with E-state index in [9.17, 15) is 22.8 Å². The lowest BCUT2D eigenvalue weighted by molar-refractivity contribution is -0.139. The number of hydrogen-bond donors (Lipinski definition) is 4. The second kappa shape index (κ2) is 10.8. The molecule has 1 heterocycles. The number of primary amides is 1. The number of carbonyl (C=O) groups excluding carboxylic acids is 2. The van der Waals surface area contributed by atoms with Gasteiger partial charge in [0.25, 0.3) is 0 Å². The van der Waals surface area contributed by atoms with Crippen LogP contribution in [0.15, 0.2) is 42.5 Å². The van der Waals surface area contributed by atoms with Crippen LogP contribution >= 0.6 is 0 Å². The van der Waals surface area contributed by atoms with Gasteiger partial charge in [0.2, 0.25) is 11.8 Å². The molecule has 2 amide bonds. The molecule has 2 unspecified atom stereocenters. The molecule has 0 aliphatic carbocycles. The zero-order valence-corrected chi connectivity index (χ0v) is 19.2. The third-order valence-electron chi connectivity index (χ3n) is 5.77. The van der Waals surface area contributed by atoms with Crippen LogP contribution in [0.5, 0.6) is 5.75 Å². The first-order valence-electron chi connectivity index (χ1n) is 11.1. The Morgan fingerprint density at radius 2 is 1.89 bits per heavy atom. The Bertz CT molecular complexity index is 1080. The fourth-order valence-corrected chi connectivity index (χ4v) is 4.00. The van der Waals surface area contributed by atoms with Crippen LogP contribution in [-0.4, -0.2) is 36.8 Å². The minimum Gasteiger partial charge on any atom is -0.488 e. The number of carbonyl (C=O) groups is 2. The summed E-state index contributed by atoms with van der Waals surface area (Å²) in [6.07, 6.45) is -4.23. The van der Waals surface area contributed by atoms with Crippen LogP contribution in [0.3, 0.4) is 0 Å². The average Bonchev–Trinajstić information content (AvgIpc) is 2.79. The number of nitrogens with two attached hydrogens (primary N) is 2. The normalized spacial score (nSPS) is 16.9. The minimum atomic E-state index is -4.68. The van der Waals surface area contributed by atoms with Crippen molar-refractivity contribution in [2.45, 2.75) is 44.5 Å². The smallest absolute Gasteiger partial charge is 0.419 e. The maximum absolute atomic E-state index is 14.0. The molecule has 2 aromatic rings. The zero-order chi connectivity index (χ0) is 25.8. The van der Waals surface area contributed by atoms with Gasteiger partial charge in [-0.3, -0.25) is 15.0 Å². The molecule has 0 bridgehead atoms. The number of halogens is 3. The first kappa shape index (κ1) is 26.0. The van der Waals surface area contributed by atoms with E-state index in [1.165, 1.54) is 41.3 Å².